The highest BCUT2D eigenvalue weighted by Crippen LogP contribution is 2.38. The third-order valence-electron chi connectivity index (χ3n) is 6.22. The van der Waals surface area contributed by atoms with Gasteiger partial charge in [0.05, 0.1) is 9.21 Å². The maximum Gasteiger partial charge on any atom is 0.155 e. The summed E-state index contributed by atoms with van der Waals surface area (Å²) in [4.78, 5) is 15.0. The Bertz CT molecular complexity index is 1210. The van der Waals surface area contributed by atoms with Crippen LogP contribution in [-0.4, -0.2) is 57.7 Å². The van der Waals surface area contributed by atoms with E-state index in [9.17, 15) is 0 Å². The Kier molecular flexibility index (Phi) is 4.30. The lowest BCUT2D eigenvalue weighted by molar-refractivity contribution is 0.386. The minimum atomic E-state index is 0.735. The molecule has 4 aromatic heterocycles. The number of anilines is 1. The highest BCUT2D eigenvalue weighted by atomic mass is 35.5. The molecule has 2 fully saturated rings. The molecule has 0 saturated carbocycles. The lowest BCUT2D eigenvalue weighted by atomic mass is 10.0. The standard InChI is InChI=1S/C22H21ClN6S/c1-27-10-15-12-28(13-16(15)11-27)20-5-4-19-25-21(17-2-3-18(23)30-17)22(29(19)26-20)14-6-8-24-9-7-14/h2-9,15-16H,10-13H2,1H3. The lowest BCUT2D eigenvalue weighted by Crippen LogP contribution is -2.27. The molecule has 4 aromatic rings. The van der Waals surface area contributed by atoms with E-state index in [1.165, 1.54) is 24.4 Å². The number of pyridine rings is 1. The van der Waals surface area contributed by atoms with Gasteiger partial charge in [-0.05, 0) is 55.3 Å². The molecule has 2 atom stereocenters. The van der Waals surface area contributed by atoms with Crippen LogP contribution in [0.3, 0.4) is 0 Å². The summed E-state index contributed by atoms with van der Waals surface area (Å²) >= 11 is 7.76. The average molecular weight is 437 g/mol. The van der Waals surface area contributed by atoms with Crippen LogP contribution < -0.4 is 4.90 Å². The Morgan fingerprint density at radius 3 is 2.43 bits per heavy atom. The lowest BCUT2D eigenvalue weighted by Gasteiger charge is -2.20. The zero-order valence-electron chi connectivity index (χ0n) is 16.6. The summed E-state index contributed by atoms with van der Waals surface area (Å²) in [6.45, 7) is 4.50. The van der Waals surface area contributed by atoms with Gasteiger partial charge >= 0.3 is 0 Å². The second-order valence-electron chi connectivity index (χ2n) is 8.26. The van der Waals surface area contributed by atoms with E-state index in [1.54, 1.807) is 0 Å². The van der Waals surface area contributed by atoms with E-state index in [0.29, 0.717) is 0 Å². The summed E-state index contributed by atoms with van der Waals surface area (Å²) in [5, 5.41) is 5.05. The molecule has 0 amide bonds. The molecular formula is C22H21ClN6S. The average Bonchev–Trinajstić information content (AvgIpc) is 3.49. The van der Waals surface area contributed by atoms with Crippen LogP contribution in [0.1, 0.15) is 0 Å². The van der Waals surface area contributed by atoms with Crippen LogP contribution in [0.25, 0.3) is 27.5 Å². The molecule has 2 unspecified atom stereocenters. The first-order valence-electron chi connectivity index (χ1n) is 10.1. The van der Waals surface area contributed by atoms with Crippen molar-refractivity contribution in [3.8, 4) is 21.8 Å². The normalized spacial score (nSPS) is 21.6. The van der Waals surface area contributed by atoms with E-state index in [2.05, 4.69) is 34.0 Å². The highest BCUT2D eigenvalue weighted by Gasteiger charge is 2.39. The topological polar surface area (TPSA) is 49.6 Å². The van der Waals surface area contributed by atoms with E-state index in [4.69, 9.17) is 21.7 Å². The SMILES string of the molecule is CN1CC2CN(c3ccc4nc(-c5ccc(Cl)s5)c(-c5ccncc5)n4n3)CC2C1. The van der Waals surface area contributed by atoms with Crippen LogP contribution in [0.2, 0.25) is 4.34 Å². The molecule has 2 aliphatic rings. The molecule has 0 N–H and O–H groups in total. The molecular weight excluding hydrogens is 416 g/mol. The quantitative estimate of drug-likeness (QED) is 0.482. The minimum absolute atomic E-state index is 0.735. The molecule has 0 bridgehead atoms. The number of thiophene rings is 1. The molecule has 2 saturated heterocycles. The monoisotopic (exact) mass is 436 g/mol. The number of nitrogens with zero attached hydrogens (tertiary/aromatic N) is 6. The summed E-state index contributed by atoms with van der Waals surface area (Å²) < 4.78 is 2.73. The molecule has 0 radical (unpaired) electrons. The number of halogens is 1. The van der Waals surface area contributed by atoms with Crippen molar-refractivity contribution in [2.45, 2.75) is 0 Å². The van der Waals surface area contributed by atoms with Crippen LogP contribution in [0.5, 0.6) is 0 Å². The smallest absolute Gasteiger partial charge is 0.155 e. The van der Waals surface area contributed by atoms with Crippen molar-refractivity contribution in [1.82, 2.24) is 24.5 Å². The summed E-state index contributed by atoms with van der Waals surface area (Å²) in [5.74, 6) is 2.49. The van der Waals surface area contributed by atoms with Gasteiger partial charge in [-0.3, -0.25) is 4.98 Å². The predicted molar refractivity (Wildman–Crippen MR) is 121 cm³/mol. The van der Waals surface area contributed by atoms with Crippen molar-refractivity contribution in [2.24, 2.45) is 11.8 Å². The molecule has 2 aliphatic heterocycles. The van der Waals surface area contributed by atoms with Crippen LogP contribution in [-0.2, 0) is 0 Å². The predicted octanol–water partition coefficient (Wildman–Crippen LogP) is 4.17. The Balaban J connectivity index is 1.47. The molecule has 0 spiro atoms. The van der Waals surface area contributed by atoms with Gasteiger partial charge in [-0.25, -0.2) is 9.50 Å². The van der Waals surface area contributed by atoms with Crippen LogP contribution >= 0.6 is 22.9 Å². The molecule has 6 heterocycles. The van der Waals surface area contributed by atoms with Crippen molar-refractivity contribution in [1.29, 1.82) is 0 Å². The minimum Gasteiger partial charge on any atom is -0.355 e. The zero-order valence-corrected chi connectivity index (χ0v) is 18.1. The summed E-state index contributed by atoms with van der Waals surface area (Å²) in [6.07, 6.45) is 3.61. The summed E-state index contributed by atoms with van der Waals surface area (Å²) in [6, 6.07) is 12.1. The zero-order chi connectivity index (χ0) is 20.2. The van der Waals surface area contributed by atoms with Gasteiger partial charge in [0.2, 0.25) is 0 Å². The largest absolute Gasteiger partial charge is 0.355 e. The second kappa shape index (κ2) is 7.04. The molecule has 6 nitrogen and oxygen atoms in total. The van der Waals surface area contributed by atoms with E-state index in [-0.39, 0.29) is 0 Å². The number of likely N-dealkylation sites (tertiary alicyclic amines) is 1. The van der Waals surface area contributed by atoms with Crippen molar-refractivity contribution < 1.29 is 0 Å². The number of fused-ring (bicyclic) bond motifs is 2. The van der Waals surface area contributed by atoms with Crippen molar-refractivity contribution in [3.05, 3.63) is 53.1 Å². The number of imidazole rings is 1. The first-order chi connectivity index (χ1) is 14.7. The Hall–Kier alpha value is -2.48. The molecule has 6 rings (SSSR count). The third-order valence-corrected chi connectivity index (χ3v) is 7.45. The van der Waals surface area contributed by atoms with Gasteiger partial charge < -0.3 is 9.80 Å². The summed E-state index contributed by atoms with van der Waals surface area (Å²) in [5.41, 5.74) is 3.76. The van der Waals surface area contributed by atoms with Crippen molar-refractivity contribution >= 4 is 34.4 Å². The fraction of sp³-hybridized carbons (Fsp3) is 0.318. The summed E-state index contributed by atoms with van der Waals surface area (Å²) in [7, 11) is 2.22. The molecule has 152 valence electrons. The van der Waals surface area contributed by atoms with Gasteiger partial charge in [0, 0.05) is 44.1 Å². The first kappa shape index (κ1) is 18.3. The molecule has 0 aliphatic carbocycles. The van der Waals surface area contributed by atoms with E-state index in [0.717, 1.165) is 62.6 Å². The fourth-order valence-corrected chi connectivity index (χ4v) is 5.92. The third kappa shape index (κ3) is 3.00. The van der Waals surface area contributed by atoms with Crippen LogP contribution in [0.4, 0.5) is 5.82 Å². The maximum atomic E-state index is 6.22. The van der Waals surface area contributed by atoms with Crippen molar-refractivity contribution in [2.75, 3.05) is 38.1 Å². The first-order valence-corrected chi connectivity index (χ1v) is 11.3. The van der Waals surface area contributed by atoms with Gasteiger partial charge in [0.1, 0.15) is 17.2 Å². The molecule has 0 aromatic carbocycles. The van der Waals surface area contributed by atoms with Crippen molar-refractivity contribution in [3.63, 3.8) is 0 Å². The highest BCUT2D eigenvalue weighted by molar-refractivity contribution is 7.19. The second-order valence-corrected chi connectivity index (χ2v) is 9.97. The van der Waals surface area contributed by atoms with Gasteiger partial charge in [0.15, 0.2) is 5.65 Å². The Morgan fingerprint density at radius 1 is 0.967 bits per heavy atom. The van der Waals surface area contributed by atoms with Crippen LogP contribution in [0.15, 0.2) is 48.8 Å². The molecule has 30 heavy (non-hydrogen) atoms. The van der Waals surface area contributed by atoms with Gasteiger partial charge in [-0.2, -0.15) is 0 Å². The van der Waals surface area contributed by atoms with E-state index >= 15 is 0 Å². The fourth-order valence-electron chi connectivity index (χ4n) is 4.89. The van der Waals surface area contributed by atoms with Crippen LogP contribution in [0, 0.1) is 11.8 Å². The number of hydrogen-bond acceptors (Lipinski definition) is 6. The van der Waals surface area contributed by atoms with Gasteiger partial charge in [-0.15, -0.1) is 16.4 Å². The van der Waals surface area contributed by atoms with E-state index in [1.807, 2.05) is 41.2 Å². The number of hydrogen-bond donors (Lipinski definition) is 0. The molecule has 8 heteroatoms. The van der Waals surface area contributed by atoms with E-state index < -0.39 is 0 Å². The van der Waals surface area contributed by atoms with Gasteiger partial charge in [-0.1, -0.05) is 11.6 Å². The Labute approximate surface area is 183 Å². The number of aromatic nitrogens is 4. The maximum absolute atomic E-state index is 6.22. The van der Waals surface area contributed by atoms with Gasteiger partial charge in [0.25, 0.3) is 0 Å². The number of rotatable bonds is 3. The Morgan fingerprint density at radius 2 is 1.73 bits per heavy atom.